The zero-order valence-electron chi connectivity index (χ0n) is 20.0. The maximum absolute atomic E-state index is 12.8. The second-order valence-electron chi connectivity index (χ2n) is 8.42. The topological polar surface area (TPSA) is 108 Å². The third-order valence-electron chi connectivity index (χ3n) is 5.95. The zero-order valence-corrected chi connectivity index (χ0v) is 20.8. The van der Waals surface area contributed by atoms with Gasteiger partial charge in [0.1, 0.15) is 13.2 Å². The molecule has 1 aliphatic rings. The molecular formula is C27H27NO7S. The third kappa shape index (κ3) is 5.85. The Bertz CT molecular complexity index is 1350. The fraction of sp³-hybridized carbons (Fsp3) is 0.259. The molecule has 4 rings (SSSR count). The van der Waals surface area contributed by atoms with Gasteiger partial charge < -0.3 is 14.2 Å². The molecule has 9 heteroatoms. The number of Topliss-reactive ketones (excluding diaryl/α,β-unsaturated/α-hetero) is 1. The fourth-order valence-corrected chi connectivity index (χ4v) is 4.68. The van der Waals surface area contributed by atoms with Gasteiger partial charge in [0.25, 0.3) is 10.0 Å². The van der Waals surface area contributed by atoms with Gasteiger partial charge in [-0.2, -0.15) is 0 Å². The van der Waals surface area contributed by atoms with Crippen molar-refractivity contribution in [3.05, 3.63) is 83.4 Å². The maximum Gasteiger partial charge on any atom is 0.338 e. The van der Waals surface area contributed by atoms with Crippen molar-refractivity contribution in [1.29, 1.82) is 0 Å². The first-order valence-electron chi connectivity index (χ1n) is 11.6. The number of fused-ring (bicyclic) bond motifs is 1. The fourth-order valence-electron chi connectivity index (χ4n) is 3.61. The largest absolute Gasteiger partial charge is 0.486 e. The molecule has 0 saturated carbocycles. The van der Waals surface area contributed by atoms with Crippen LogP contribution in [0.15, 0.2) is 71.6 Å². The summed E-state index contributed by atoms with van der Waals surface area (Å²) in [6, 6.07) is 17.4. The van der Waals surface area contributed by atoms with E-state index in [1.165, 1.54) is 36.4 Å². The van der Waals surface area contributed by atoms with Gasteiger partial charge in [-0.05, 0) is 54.3 Å². The van der Waals surface area contributed by atoms with Gasteiger partial charge in [0.2, 0.25) is 0 Å². The summed E-state index contributed by atoms with van der Waals surface area (Å²) in [5.41, 5.74) is 2.07. The highest BCUT2D eigenvalue weighted by molar-refractivity contribution is 7.92. The van der Waals surface area contributed by atoms with E-state index >= 15 is 0 Å². The van der Waals surface area contributed by atoms with Crippen molar-refractivity contribution < 1.29 is 32.2 Å². The van der Waals surface area contributed by atoms with Crippen LogP contribution < -0.4 is 14.2 Å². The Morgan fingerprint density at radius 2 is 1.56 bits per heavy atom. The lowest BCUT2D eigenvalue weighted by molar-refractivity contribution is 0.0475. The van der Waals surface area contributed by atoms with E-state index in [4.69, 9.17) is 14.2 Å². The van der Waals surface area contributed by atoms with Crippen molar-refractivity contribution in [2.45, 2.75) is 31.1 Å². The minimum atomic E-state index is -3.89. The highest BCUT2D eigenvalue weighted by atomic mass is 32.2. The lowest BCUT2D eigenvalue weighted by atomic mass is 9.97. The summed E-state index contributed by atoms with van der Waals surface area (Å²) in [6.07, 6.45) is 1.00. The molecule has 36 heavy (non-hydrogen) atoms. The summed E-state index contributed by atoms with van der Waals surface area (Å²) in [6.45, 7) is 4.58. The number of carbonyl (C=O) groups is 2. The Kier molecular flexibility index (Phi) is 7.59. The van der Waals surface area contributed by atoms with Crippen LogP contribution in [0.2, 0.25) is 0 Å². The molecule has 0 bridgehead atoms. The lowest BCUT2D eigenvalue weighted by Crippen LogP contribution is -2.17. The van der Waals surface area contributed by atoms with E-state index in [1.54, 1.807) is 18.2 Å². The van der Waals surface area contributed by atoms with Crippen LogP contribution in [0.1, 0.15) is 52.5 Å². The molecule has 1 unspecified atom stereocenters. The quantitative estimate of drug-likeness (QED) is 0.326. The normalized spacial score (nSPS) is 13.5. The molecule has 3 aromatic rings. The van der Waals surface area contributed by atoms with Gasteiger partial charge in [-0.25, -0.2) is 13.2 Å². The number of ketones is 1. The number of sulfonamides is 1. The van der Waals surface area contributed by atoms with Crippen molar-refractivity contribution in [2.24, 2.45) is 0 Å². The maximum atomic E-state index is 12.8. The number of anilines is 1. The predicted molar refractivity (Wildman–Crippen MR) is 134 cm³/mol. The van der Waals surface area contributed by atoms with E-state index in [0.29, 0.717) is 36.2 Å². The summed E-state index contributed by atoms with van der Waals surface area (Å²) in [7, 11) is -3.89. The molecule has 0 saturated heterocycles. The molecule has 0 spiro atoms. The Labute approximate surface area is 210 Å². The average molecular weight is 510 g/mol. The number of rotatable bonds is 9. The number of nitrogens with one attached hydrogen (secondary N) is 1. The van der Waals surface area contributed by atoms with E-state index < -0.39 is 16.0 Å². The Balaban J connectivity index is 1.34. The summed E-state index contributed by atoms with van der Waals surface area (Å²) in [4.78, 5) is 24.8. The van der Waals surface area contributed by atoms with Crippen LogP contribution >= 0.6 is 0 Å². The second kappa shape index (κ2) is 10.8. The van der Waals surface area contributed by atoms with Crippen LogP contribution in [-0.2, 0) is 14.8 Å². The Morgan fingerprint density at radius 3 is 2.22 bits per heavy atom. The van der Waals surface area contributed by atoms with Crippen LogP contribution in [-0.4, -0.2) is 40.0 Å². The van der Waals surface area contributed by atoms with Crippen LogP contribution in [0.25, 0.3) is 0 Å². The molecule has 1 aliphatic heterocycles. The molecule has 0 fully saturated rings. The van der Waals surface area contributed by atoms with E-state index in [0.717, 1.165) is 12.0 Å². The number of benzene rings is 3. The number of hydrogen-bond donors (Lipinski definition) is 1. The van der Waals surface area contributed by atoms with Crippen LogP contribution in [0, 0.1) is 0 Å². The Hall–Kier alpha value is -3.85. The summed E-state index contributed by atoms with van der Waals surface area (Å²) < 4.78 is 44.0. The minimum absolute atomic E-state index is 0.0194. The van der Waals surface area contributed by atoms with Gasteiger partial charge in [-0.1, -0.05) is 38.1 Å². The summed E-state index contributed by atoms with van der Waals surface area (Å²) >= 11 is 0. The van der Waals surface area contributed by atoms with Crippen LogP contribution in [0.4, 0.5) is 5.69 Å². The van der Waals surface area contributed by atoms with E-state index in [-0.39, 0.29) is 28.5 Å². The number of ether oxygens (including phenoxy) is 3. The van der Waals surface area contributed by atoms with Gasteiger partial charge >= 0.3 is 5.97 Å². The molecular weight excluding hydrogens is 482 g/mol. The van der Waals surface area contributed by atoms with Crippen molar-refractivity contribution in [3.8, 4) is 11.5 Å². The molecule has 1 atom stereocenters. The van der Waals surface area contributed by atoms with Crippen molar-refractivity contribution in [1.82, 2.24) is 0 Å². The number of carbonyl (C=O) groups excluding carboxylic acids is 2. The van der Waals surface area contributed by atoms with Gasteiger partial charge in [0, 0.05) is 17.3 Å². The van der Waals surface area contributed by atoms with Gasteiger partial charge in [0.15, 0.2) is 23.9 Å². The van der Waals surface area contributed by atoms with Crippen molar-refractivity contribution in [3.63, 3.8) is 0 Å². The number of hydrogen-bond acceptors (Lipinski definition) is 7. The molecule has 0 amide bonds. The molecule has 1 N–H and O–H groups in total. The van der Waals surface area contributed by atoms with Crippen LogP contribution in [0.5, 0.6) is 11.5 Å². The molecule has 3 aromatic carbocycles. The first kappa shape index (κ1) is 25.2. The first-order valence-corrected chi connectivity index (χ1v) is 13.1. The second-order valence-corrected chi connectivity index (χ2v) is 10.1. The zero-order chi connectivity index (χ0) is 25.7. The van der Waals surface area contributed by atoms with Crippen molar-refractivity contribution >= 4 is 27.5 Å². The highest BCUT2D eigenvalue weighted by Crippen LogP contribution is 2.32. The molecule has 0 radical (unpaired) electrons. The molecule has 0 aromatic heterocycles. The highest BCUT2D eigenvalue weighted by Gasteiger charge is 2.20. The molecule has 188 valence electrons. The molecule has 8 nitrogen and oxygen atoms in total. The standard InChI is InChI=1S/C27H27NO7S/c1-3-18(2)19-4-6-20(7-5-19)24(29)17-35-27(30)21-8-10-22(11-9-21)28-36(31,32)23-12-13-25-26(16-23)34-15-14-33-25/h4-13,16,18,28H,3,14-15,17H2,1-2H3. The average Bonchev–Trinajstić information content (AvgIpc) is 2.91. The van der Waals surface area contributed by atoms with Gasteiger partial charge in [-0.3, -0.25) is 9.52 Å². The molecule has 0 aliphatic carbocycles. The third-order valence-corrected chi connectivity index (χ3v) is 7.32. The van der Waals surface area contributed by atoms with E-state index in [9.17, 15) is 18.0 Å². The summed E-state index contributed by atoms with van der Waals surface area (Å²) in [5.74, 6) is 0.276. The van der Waals surface area contributed by atoms with Crippen LogP contribution in [0.3, 0.4) is 0 Å². The summed E-state index contributed by atoms with van der Waals surface area (Å²) in [5, 5.41) is 0. The smallest absolute Gasteiger partial charge is 0.338 e. The van der Waals surface area contributed by atoms with Gasteiger partial charge in [0.05, 0.1) is 10.5 Å². The first-order chi connectivity index (χ1) is 17.3. The van der Waals surface area contributed by atoms with E-state index in [1.807, 2.05) is 12.1 Å². The Morgan fingerprint density at radius 1 is 0.917 bits per heavy atom. The minimum Gasteiger partial charge on any atom is -0.486 e. The monoisotopic (exact) mass is 509 g/mol. The van der Waals surface area contributed by atoms with Crippen molar-refractivity contribution in [2.75, 3.05) is 24.5 Å². The molecule has 1 heterocycles. The van der Waals surface area contributed by atoms with Gasteiger partial charge in [-0.15, -0.1) is 0 Å². The predicted octanol–water partition coefficient (Wildman–Crippen LogP) is 4.81. The lowest BCUT2D eigenvalue weighted by Gasteiger charge is -2.19. The SMILES string of the molecule is CCC(C)c1ccc(C(=O)COC(=O)c2ccc(NS(=O)(=O)c3ccc4c(c3)OCCO4)cc2)cc1. The number of esters is 1. The van der Waals surface area contributed by atoms with E-state index in [2.05, 4.69) is 18.6 Å².